The van der Waals surface area contributed by atoms with Crippen LogP contribution in [0.2, 0.25) is 0 Å². The third-order valence-corrected chi connectivity index (χ3v) is 4.14. The zero-order valence-electron chi connectivity index (χ0n) is 13.3. The number of Topliss-reactive ketones (excluding diaryl/α,β-unsaturated/α-hetero) is 1. The molecule has 2 heterocycles. The Kier molecular flexibility index (Phi) is 3.54. The smallest absolute Gasteiger partial charge is 0.231 e. The number of benzene rings is 2. The summed E-state index contributed by atoms with van der Waals surface area (Å²) in [5, 5.41) is 0. The van der Waals surface area contributed by atoms with Gasteiger partial charge in [0.1, 0.15) is 6.10 Å². The second kappa shape index (κ2) is 5.72. The first kappa shape index (κ1) is 14.8. The van der Waals surface area contributed by atoms with Gasteiger partial charge in [0.05, 0.1) is 14.2 Å². The van der Waals surface area contributed by atoms with Crippen LogP contribution in [0.25, 0.3) is 0 Å². The number of epoxide rings is 1. The summed E-state index contributed by atoms with van der Waals surface area (Å²) in [6, 6.07) is 10.7. The van der Waals surface area contributed by atoms with Crippen LogP contribution < -0.4 is 18.9 Å². The minimum Gasteiger partial charge on any atom is -0.493 e. The lowest BCUT2D eigenvalue weighted by Crippen LogP contribution is -2.08. The summed E-state index contributed by atoms with van der Waals surface area (Å²) in [6.45, 7) is 0.221. The summed E-state index contributed by atoms with van der Waals surface area (Å²) in [6.07, 6.45) is -0.761. The molecule has 6 nitrogen and oxygen atoms in total. The molecule has 6 heteroatoms. The molecular weight excluding hydrogens is 312 g/mol. The normalized spacial score (nSPS) is 20.6. The maximum atomic E-state index is 12.6. The molecular formula is C18H16O6. The number of carbonyl (C=O) groups excluding carboxylic acids is 1. The molecule has 1 saturated heterocycles. The van der Waals surface area contributed by atoms with Crippen LogP contribution in [0.3, 0.4) is 0 Å². The molecule has 2 aliphatic heterocycles. The Balaban J connectivity index is 1.53. The van der Waals surface area contributed by atoms with Crippen molar-refractivity contribution in [1.82, 2.24) is 0 Å². The van der Waals surface area contributed by atoms with E-state index in [1.807, 2.05) is 18.2 Å². The molecule has 0 radical (unpaired) electrons. The zero-order chi connectivity index (χ0) is 16.7. The van der Waals surface area contributed by atoms with Crippen molar-refractivity contribution in [1.29, 1.82) is 0 Å². The van der Waals surface area contributed by atoms with Crippen molar-refractivity contribution in [2.75, 3.05) is 21.0 Å². The third-order valence-electron chi connectivity index (χ3n) is 4.14. The molecule has 0 saturated carbocycles. The maximum absolute atomic E-state index is 12.6. The molecule has 0 N–H and O–H groups in total. The quantitative estimate of drug-likeness (QED) is 0.621. The van der Waals surface area contributed by atoms with Gasteiger partial charge in [0.2, 0.25) is 6.79 Å². The Hall–Kier alpha value is -2.73. The summed E-state index contributed by atoms with van der Waals surface area (Å²) in [7, 11) is 3.09. The highest BCUT2D eigenvalue weighted by molar-refractivity contribution is 6.02. The van der Waals surface area contributed by atoms with Gasteiger partial charge < -0.3 is 23.7 Å². The number of rotatable bonds is 5. The molecule has 1 fully saturated rings. The molecule has 124 valence electrons. The molecule has 2 aromatic rings. The summed E-state index contributed by atoms with van der Waals surface area (Å²) in [5.74, 6) is 2.41. The van der Waals surface area contributed by atoms with Gasteiger partial charge in [-0.3, -0.25) is 4.79 Å². The molecule has 24 heavy (non-hydrogen) atoms. The average molecular weight is 328 g/mol. The van der Waals surface area contributed by atoms with Crippen LogP contribution in [-0.2, 0) is 4.74 Å². The summed E-state index contributed by atoms with van der Waals surface area (Å²) in [4.78, 5) is 12.6. The van der Waals surface area contributed by atoms with Crippen molar-refractivity contribution in [2.45, 2.75) is 12.2 Å². The minimum atomic E-state index is -0.497. The van der Waals surface area contributed by atoms with Crippen molar-refractivity contribution in [2.24, 2.45) is 0 Å². The van der Waals surface area contributed by atoms with Gasteiger partial charge in [0.15, 0.2) is 34.9 Å². The van der Waals surface area contributed by atoms with Gasteiger partial charge in [-0.05, 0) is 35.9 Å². The van der Waals surface area contributed by atoms with E-state index in [4.69, 9.17) is 23.7 Å². The van der Waals surface area contributed by atoms with Crippen LogP contribution in [0.4, 0.5) is 0 Å². The van der Waals surface area contributed by atoms with E-state index in [0.717, 1.165) is 5.56 Å². The Morgan fingerprint density at radius 3 is 2.58 bits per heavy atom. The van der Waals surface area contributed by atoms with Gasteiger partial charge in [-0.15, -0.1) is 0 Å². The third kappa shape index (κ3) is 2.45. The number of hydrogen-bond acceptors (Lipinski definition) is 6. The molecule has 2 atom stereocenters. The fourth-order valence-electron chi connectivity index (χ4n) is 2.81. The number of hydrogen-bond donors (Lipinski definition) is 0. The van der Waals surface area contributed by atoms with Crippen molar-refractivity contribution >= 4 is 5.78 Å². The average Bonchev–Trinajstić information content (AvgIpc) is 3.29. The van der Waals surface area contributed by atoms with Crippen LogP contribution in [-0.4, -0.2) is 32.9 Å². The van der Waals surface area contributed by atoms with E-state index in [1.54, 1.807) is 25.3 Å². The van der Waals surface area contributed by atoms with E-state index in [9.17, 15) is 4.79 Å². The first-order valence-corrected chi connectivity index (χ1v) is 7.52. The number of ether oxygens (including phenoxy) is 5. The summed E-state index contributed by atoms with van der Waals surface area (Å²) < 4.78 is 26.7. The second-order valence-electron chi connectivity index (χ2n) is 5.52. The highest BCUT2D eigenvalue weighted by Gasteiger charge is 2.46. The molecule has 0 aromatic heterocycles. The van der Waals surface area contributed by atoms with Crippen molar-refractivity contribution in [3.8, 4) is 23.0 Å². The number of ketones is 1. The molecule has 2 aromatic carbocycles. The first-order valence-electron chi connectivity index (χ1n) is 7.52. The Morgan fingerprint density at radius 1 is 1.00 bits per heavy atom. The molecule has 0 unspecified atom stereocenters. The van der Waals surface area contributed by atoms with Crippen molar-refractivity contribution < 1.29 is 28.5 Å². The fourth-order valence-corrected chi connectivity index (χ4v) is 2.81. The predicted octanol–water partition coefficient (Wildman–Crippen LogP) is 2.76. The van der Waals surface area contributed by atoms with E-state index < -0.39 is 6.10 Å². The zero-order valence-corrected chi connectivity index (χ0v) is 13.3. The Labute approximate surface area is 138 Å². The van der Waals surface area contributed by atoms with Crippen molar-refractivity contribution in [3.05, 3.63) is 47.5 Å². The van der Waals surface area contributed by atoms with Gasteiger partial charge in [-0.2, -0.15) is 0 Å². The minimum absolute atomic E-state index is 0.0846. The monoisotopic (exact) mass is 328 g/mol. The van der Waals surface area contributed by atoms with Gasteiger partial charge in [-0.1, -0.05) is 6.07 Å². The standard InChI is InChI=1S/C18H16O6/c1-20-12-5-3-10(7-14(12)21-2)16(19)18-17(24-18)11-4-6-13-15(8-11)23-9-22-13/h3-8,17-18H,9H2,1-2H3/t17-,18-/m1/s1. The summed E-state index contributed by atoms with van der Waals surface area (Å²) in [5.41, 5.74) is 1.43. The molecule has 0 spiro atoms. The number of carbonyl (C=O) groups is 1. The number of methoxy groups -OCH3 is 2. The van der Waals surface area contributed by atoms with Gasteiger partial charge in [0, 0.05) is 5.56 Å². The maximum Gasteiger partial charge on any atom is 0.231 e. The second-order valence-corrected chi connectivity index (χ2v) is 5.52. The van der Waals surface area contributed by atoms with Crippen molar-refractivity contribution in [3.63, 3.8) is 0 Å². The Morgan fingerprint density at radius 2 is 1.79 bits per heavy atom. The lowest BCUT2D eigenvalue weighted by molar-refractivity contribution is 0.0953. The van der Waals surface area contributed by atoms with E-state index >= 15 is 0 Å². The first-order chi connectivity index (χ1) is 11.7. The highest BCUT2D eigenvalue weighted by Crippen LogP contribution is 2.44. The number of fused-ring (bicyclic) bond motifs is 1. The van der Waals surface area contributed by atoms with Crippen LogP contribution in [0.5, 0.6) is 23.0 Å². The van der Waals surface area contributed by atoms with Gasteiger partial charge in [-0.25, -0.2) is 0 Å². The van der Waals surface area contributed by atoms with Crippen LogP contribution in [0.15, 0.2) is 36.4 Å². The van der Waals surface area contributed by atoms with E-state index in [0.29, 0.717) is 28.6 Å². The lowest BCUT2D eigenvalue weighted by atomic mass is 10.0. The van der Waals surface area contributed by atoms with E-state index in [1.165, 1.54) is 7.11 Å². The highest BCUT2D eigenvalue weighted by atomic mass is 16.7. The molecule has 4 rings (SSSR count). The SMILES string of the molecule is COc1ccc(C(=O)[C@H]2O[C@@H]2c2ccc3c(c2)OCO3)cc1OC. The van der Waals surface area contributed by atoms with E-state index in [2.05, 4.69) is 0 Å². The van der Waals surface area contributed by atoms with Crippen LogP contribution in [0.1, 0.15) is 22.0 Å². The molecule has 2 aliphatic rings. The van der Waals surface area contributed by atoms with Crippen LogP contribution >= 0.6 is 0 Å². The topological polar surface area (TPSA) is 66.5 Å². The molecule has 0 bridgehead atoms. The van der Waals surface area contributed by atoms with E-state index in [-0.39, 0.29) is 18.7 Å². The van der Waals surface area contributed by atoms with Gasteiger partial charge in [0.25, 0.3) is 0 Å². The lowest BCUT2D eigenvalue weighted by Gasteiger charge is -2.08. The Bertz CT molecular complexity index is 800. The predicted molar refractivity (Wildman–Crippen MR) is 84.1 cm³/mol. The fraction of sp³-hybridized carbons (Fsp3) is 0.278. The molecule has 0 amide bonds. The largest absolute Gasteiger partial charge is 0.493 e. The molecule has 0 aliphatic carbocycles. The van der Waals surface area contributed by atoms with Crippen LogP contribution in [0, 0.1) is 0 Å². The van der Waals surface area contributed by atoms with Gasteiger partial charge >= 0.3 is 0 Å². The summed E-state index contributed by atoms with van der Waals surface area (Å²) >= 11 is 0.